The molecule has 0 saturated carbocycles. The standard InChI is InChI=1S/C38H33NO4S/c1-39-22-23-41-31-16-12-29(13-17-31)37(40)36-34-21-20-33(43-26-28-10-6-3-7-11-28)24-35(34)44-38(36)30-14-18-32(19-15-30)42-25-27-8-4-2-5-9-27/h2-21,24,39H,22-23,25-26H2,1H3. The first kappa shape index (κ1) is 29.2. The smallest absolute Gasteiger partial charge is 0.195 e. The van der Waals surface area contributed by atoms with Crippen molar-refractivity contribution in [2.24, 2.45) is 0 Å². The third-order valence-electron chi connectivity index (χ3n) is 7.24. The van der Waals surface area contributed by atoms with Gasteiger partial charge in [-0.3, -0.25) is 4.79 Å². The van der Waals surface area contributed by atoms with Gasteiger partial charge < -0.3 is 19.5 Å². The minimum absolute atomic E-state index is 0.0321. The largest absolute Gasteiger partial charge is 0.492 e. The van der Waals surface area contributed by atoms with Gasteiger partial charge in [-0.25, -0.2) is 0 Å². The van der Waals surface area contributed by atoms with Crippen molar-refractivity contribution in [2.45, 2.75) is 13.2 Å². The molecule has 0 aliphatic heterocycles. The van der Waals surface area contributed by atoms with Gasteiger partial charge >= 0.3 is 0 Å². The summed E-state index contributed by atoms with van der Waals surface area (Å²) in [4.78, 5) is 15.0. The Morgan fingerprint density at radius 1 is 0.659 bits per heavy atom. The van der Waals surface area contributed by atoms with Crippen LogP contribution in [0.25, 0.3) is 20.5 Å². The number of likely N-dealkylation sites (N-methyl/N-ethyl adjacent to an activating group) is 1. The Hall–Kier alpha value is -4.91. The zero-order valence-electron chi connectivity index (χ0n) is 24.5. The molecule has 0 spiro atoms. The van der Waals surface area contributed by atoms with Crippen LogP contribution in [0, 0.1) is 0 Å². The lowest BCUT2D eigenvalue weighted by Crippen LogP contribution is -2.15. The number of ether oxygens (including phenoxy) is 3. The maximum atomic E-state index is 14.1. The molecular formula is C38H33NO4S. The van der Waals surface area contributed by atoms with Crippen LogP contribution in [0.1, 0.15) is 27.0 Å². The molecule has 6 rings (SSSR count). The van der Waals surface area contributed by atoms with Crippen molar-refractivity contribution < 1.29 is 19.0 Å². The summed E-state index contributed by atoms with van der Waals surface area (Å²) >= 11 is 1.60. The average molecular weight is 600 g/mol. The minimum atomic E-state index is -0.0321. The number of carbonyl (C=O) groups is 1. The van der Waals surface area contributed by atoms with E-state index in [0.29, 0.717) is 30.9 Å². The molecule has 5 aromatic carbocycles. The van der Waals surface area contributed by atoms with Crippen LogP contribution in [-0.2, 0) is 13.2 Å². The van der Waals surface area contributed by atoms with E-state index in [9.17, 15) is 4.79 Å². The third-order valence-corrected chi connectivity index (χ3v) is 8.44. The summed E-state index contributed by atoms with van der Waals surface area (Å²) in [7, 11) is 1.89. The lowest BCUT2D eigenvalue weighted by Gasteiger charge is -2.09. The molecule has 0 fully saturated rings. The molecule has 5 nitrogen and oxygen atoms in total. The first-order valence-electron chi connectivity index (χ1n) is 14.6. The van der Waals surface area contributed by atoms with Crippen LogP contribution >= 0.6 is 11.3 Å². The van der Waals surface area contributed by atoms with Crippen LogP contribution < -0.4 is 19.5 Å². The van der Waals surface area contributed by atoms with E-state index < -0.39 is 0 Å². The number of ketones is 1. The average Bonchev–Trinajstić information content (AvgIpc) is 3.46. The van der Waals surface area contributed by atoms with Crippen molar-refractivity contribution in [3.8, 4) is 27.7 Å². The van der Waals surface area contributed by atoms with Gasteiger partial charge in [-0.15, -0.1) is 11.3 Å². The van der Waals surface area contributed by atoms with Gasteiger partial charge in [-0.2, -0.15) is 0 Å². The molecule has 0 atom stereocenters. The van der Waals surface area contributed by atoms with Crippen LogP contribution in [0.3, 0.4) is 0 Å². The van der Waals surface area contributed by atoms with Crippen molar-refractivity contribution in [1.82, 2.24) is 5.32 Å². The highest BCUT2D eigenvalue weighted by Gasteiger charge is 2.22. The van der Waals surface area contributed by atoms with Gasteiger partial charge in [0.1, 0.15) is 37.1 Å². The zero-order valence-corrected chi connectivity index (χ0v) is 25.3. The van der Waals surface area contributed by atoms with Crippen LogP contribution in [0.15, 0.2) is 127 Å². The maximum absolute atomic E-state index is 14.1. The van der Waals surface area contributed by atoms with E-state index >= 15 is 0 Å². The summed E-state index contributed by atoms with van der Waals surface area (Å²) in [6.45, 7) is 2.28. The molecule has 1 aromatic heterocycles. The van der Waals surface area contributed by atoms with E-state index in [0.717, 1.165) is 55.4 Å². The first-order chi connectivity index (χ1) is 21.7. The first-order valence-corrected chi connectivity index (χ1v) is 15.4. The number of hydrogen-bond acceptors (Lipinski definition) is 6. The molecule has 0 radical (unpaired) electrons. The molecule has 1 N–H and O–H groups in total. The summed E-state index contributed by atoms with van der Waals surface area (Å²) in [5, 5.41) is 3.97. The Morgan fingerprint density at radius 3 is 1.86 bits per heavy atom. The molecule has 0 aliphatic rings. The second-order valence-electron chi connectivity index (χ2n) is 10.3. The number of benzene rings is 5. The fourth-order valence-electron chi connectivity index (χ4n) is 4.90. The second-order valence-corrected chi connectivity index (χ2v) is 11.4. The summed E-state index contributed by atoms with van der Waals surface area (Å²) < 4.78 is 18.9. The molecule has 0 bridgehead atoms. The highest BCUT2D eigenvalue weighted by atomic mass is 32.1. The Kier molecular flexibility index (Phi) is 9.31. The van der Waals surface area contributed by atoms with E-state index in [-0.39, 0.29) is 5.78 Å². The van der Waals surface area contributed by atoms with Gasteiger partial charge in [0.2, 0.25) is 0 Å². The van der Waals surface area contributed by atoms with Gasteiger partial charge in [0.25, 0.3) is 0 Å². The van der Waals surface area contributed by atoms with E-state index in [2.05, 4.69) is 5.32 Å². The third kappa shape index (κ3) is 7.00. The van der Waals surface area contributed by atoms with Crippen molar-refractivity contribution in [1.29, 1.82) is 0 Å². The van der Waals surface area contributed by atoms with E-state index in [1.54, 1.807) is 11.3 Å². The highest BCUT2D eigenvalue weighted by Crippen LogP contribution is 2.42. The number of rotatable bonds is 13. The van der Waals surface area contributed by atoms with Crippen molar-refractivity contribution in [3.05, 3.63) is 150 Å². The summed E-state index contributed by atoms with van der Waals surface area (Å²) in [6.07, 6.45) is 0. The minimum Gasteiger partial charge on any atom is -0.492 e. The topological polar surface area (TPSA) is 56.8 Å². The van der Waals surface area contributed by atoms with E-state index in [4.69, 9.17) is 14.2 Å². The molecule has 44 heavy (non-hydrogen) atoms. The van der Waals surface area contributed by atoms with Gasteiger partial charge in [0, 0.05) is 32.6 Å². The predicted molar refractivity (Wildman–Crippen MR) is 178 cm³/mol. The molecule has 0 amide bonds. The fourth-order valence-corrected chi connectivity index (χ4v) is 6.13. The van der Waals surface area contributed by atoms with Crippen molar-refractivity contribution in [3.63, 3.8) is 0 Å². The van der Waals surface area contributed by atoms with Gasteiger partial charge in [0.05, 0.1) is 0 Å². The molecule has 0 saturated heterocycles. The van der Waals surface area contributed by atoms with Crippen LogP contribution in [0.2, 0.25) is 0 Å². The van der Waals surface area contributed by atoms with Crippen molar-refractivity contribution in [2.75, 3.05) is 20.2 Å². The zero-order chi connectivity index (χ0) is 30.1. The quantitative estimate of drug-likeness (QED) is 0.106. The van der Waals surface area contributed by atoms with E-state index in [1.807, 2.05) is 134 Å². The Balaban J connectivity index is 1.30. The summed E-state index contributed by atoms with van der Waals surface area (Å²) in [5.74, 6) is 2.24. The molecule has 0 aliphatic carbocycles. The lowest BCUT2D eigenvalue weighted by molar-refractivity contribution is 0.104. The molecular weight excluding hydrogens is 566 g/mol. The van der Waals surface area contributed by atoms with Crippen LogP contribution in [0.5, 0.6) is 17.2 Å². The summed E-state index contributed by atoms with van der Waals surface area (Å²) in [6, 6.07) is 41.5. The number of nitrogens with one attached hydrogen (secondary N) is 1. The molecule has 6 heteroatoms. The SMILES string of the molecule is CNCCOc1ccc(C(=O)c2c(-c3ccc(OCc4ccccc4)cc3)sc3cc(OCc4ccccc4)ccc23)cc1. The van der Waals surface area contributed by atoms with Gasteiger partial charge in [-0.1, -0.05) is 60.7 Å². The monoisotopic (exact) mass is 599 g/mol. The number of thiophene rings is 1. The predicted octanol–water partition coefficient (Wildman–Crippen LogP) is 8.56. The van der Waals surface area contributed by atoms with Crippen LogP contribution in [0.4, 0.5) is 0 Å². The molecule has 6 aromatic rings. The molecule has 220 valence electrons. The Morgan fingerprint density at radius 2 is 1.23 bits per heavy atom. The molecule has 1 heterocycles. The number of hydrogen-bond donors (Lipinski definition) is 1. The van der Waals surface area contributed by atoms with Gasteiger partial charge in [0.15, 0.2) is 5.78 Å². The maximum Gasteiger partial charge on any atom is 0.195 e. The second kappa shape index (κ2) is 14.0. The van der Waals surface area contributed by atoms with E-state index in [1.165, 1.54) is 0 Å². The van der Waals surface area contributed by atoms with Gasteiger partial charge in [-0.05, 0) is 90.5 Å². The Labute approximate surface area is 261 Å². The molecule has 0 unspecified atom stereocenters. The highest BCUT2D eigenvalue weighted by molar-refractivity contribution is 7.22. The Bertz CT molecular complexity index is 1820. The number of fused-ring (bicyclic) bond motifs is 1. The van der Waals surface area contributed by atoms with Crippen molar-refractivity contribution >= 4 is 27.2 Å². The fraction of sp³-hybridized carbons (Fsp3) is 0.132. The number of carbonyl (C=O) groups excluding carboxylic acids is 1. The lowest BCUT2D eigenvalue weighted by atomic mass is 9.97. The normalized spacial score (nSPS) is 10.9. The summed E-state index contributed by atoms with van der Waals surface area (Å²) in [5.41, 5.74) is 4.46. The van der Waals surface area contributed by atoms with Crippen LogP contribution in [-0.4, -0.2) is 26.0 Å².